The van der Waals surface area contributed by atoms with E-state index in [9.17, 15) is 18.0 Å². The first kappa shape index (κ1) is 28.3. The molecule has 8 nitrogen and oxygen atoms in total. The maximum atomic E-state index is 13.7. The van der Waals surface area contributed by atoms with Crippen molar-refractivity contribution in [3.63, 3.8) is 0 Å². The standard InChI is InChI=1S/C26H27Cl2N3O5S/c1-18(26(33)29-2)30(16-19-9-12-21(36-3)13-10-19)25(32)17-31(24-15-20(27)11-14-23(24)28)37(34,35)22-7-5-4-6-8-22/h4-15,18H,16-17H2,1-3H3,(H,29,33). The molecule has 3 aromatic carbocycles. The fraction of sp³-hybridized carbons (Fsp3) is 0.231. The van der Waals surface area contributed by atoms with Crippen LogP contribution in [-0.2, 0) is 26.2 Å². The number of nitrogens with one attached hydrogen (secondary N) is 1. The SMILES string of the molecule is CNC(=O)C(C)N(Cc1ccc(OC)cc1)C(=O)CN(c1cc(Cl)ccc1Cl)S(=O)(=O)c1ccccc1. The second kappa shape index (κ2) is 12.3. The number of ether oxygens (including phenoxy) is 1. The number of nitrogens with zero attached hydrogens (tertiary/aromatic N) is 2. The highest BCUT2D eigenvalue weighted by molar-refractivity contribution is 7.92. The van der Waals surface area contributed by atoms with Crippen LogP contribution >= 0.6 is 23.2 Å². The Kier molecular flexibility index (Phi) is 9.42. The number of carbonyl (C=O) groups is 2. The summed E-state index contributed by atoms with van der Waals surface area (Å²) in [6, 6.07) is 18.2. The van der Waals surface area contributed by atoms with E-state index >= 15 is 0 Å². The molecule has 0 saturated carbocycles. The molecule has 0 aliphatic carbocycles. The lowest BCUT2D eigenvalue weighted by Crippen LogP contribution is -2.50. The molecule has 0 aliphatic rings. The van der Waals surface area contributed by atoms with Crippen molar-refractivity contribution in [1.29, 1.82) is 0 Å². The highest BCUT2D eigenvalue weighted by Gasteiger charge is 2.33. The van der Waals surface area contributed by atoms with Gasteiger partial charge in [0.25, 0.3) is 10.0 Å². The first-order valence-electron chi connectivity index (χ1n) is 11.2. The van der Waals surface area contributed by atoms with Crippen LogP contribution in [0.3, 0.4) is 0 Å². The lowest BCUT2D eigenvalue weighted by Gasteiger charge is -2.32. The smallest absolute Gasteiger partial charge is 0.264 e. The molecule has 37 heavy (non-hydrogen) atoms. The van der Waals surface area contributed by atoms with Crippen molar-refractivity contribution in [2.45, 2.75) is 24.4 Å². The molecular formula is C26H27Cl2N3O5S. The predicted octanol–water partition coefficient (Wildman–Crippen LogP) is 4.36. The highest BCUT2D eigenvalue weighted by atomic mass is 35.5. The maximum Gasteiger partial charge on any atom is 0.264 e. The molecule has 0 aliphatic heterocycles. The maximum absolute atomic E-state index is 13.7. The summed E-state index contributed by atoms with van der Waals surface area (Å²) >= 11 is 12.5. The van der Waals surface area contributed by atoms with E-state index in [2.05, 4.69) is 5.32 Å². The average Bonchev–Trinajstić information content (AvgIpc) is 2.91. The number of benzene rings is 3. The Bertz CT molecular complexity index is 1350. The molecule has 2 amide bonds. The minimum Gasteiger partial charge on any atom is -0.497 e. The van der Waals surface area contributed by atoms with Crippen molar-refractivity contribution >= 4 is 50.7 Å². The van der Waals surface area contributed by atoms with Crippen molar-refractivity contribution in [3.05, 3.63) is 88.4 Å². The quantitative estimate of drug-likeness (QED) is 0.395. The largest absolute Gasteiger partial charge is 0.497 e. The van der Waals surface area contributed by atoms with Gasteiger partial charge in [0.1, 0.15) is 18.3 Å². The number of rotatable bonds is 10. The van der Waals surface area contributed by atoms with Crippen LogP contribution in [0, 0.1) is 0 Å². The monoisotopic (exact) mass is 563 g/mol. The molecule has 11 heteroatoms. The molecule has 196 valence electrons. The van der Waals surface area contributed by atoms with Crippen molar-refractivity contribution < 1.29 is 22.7 Å². The highest BCUT2D eigenvalue weighted by Crippen LogP contribution is 2.33. The molecule has 0 saturated heterocycles. The van der Waals surface area contributed by atoms with E-state index in [0.717, 1.165) is 9.87 Å². The number of likely N-dealkylation sites (N-methyl/N-ethyl adjacent to an activating group) is 1. The second-order valence-corrected chi connectivity index (χ2v) is 10.8. The molecule has 0 aromatic heterocycles. The van der Waals surface area contributed by atoms with E-state index in [0.29, 0.717) is 5.75 Å². The lowest BCUT2D eigenvalue weighted by atomic mass is 10.1. The van der Waals surface area contributed by atoms with Gasteiger partial charge in [-0.2, -0.15) is 0 Å². The van der Waals surface area contributed by atoms with Gasteiger partial charge in [-0.1, -0.05) is 53.5 Å². The second-order valence-electron chi connectivity index (χ2n) is 8.08. The van der Waals surface area contributed by atoms with Gasteiger partial charge in [0.2, 0.25) is 11.8 Å². The number of sulfonamides is 1. The van der Waals surface area contributed by atoms with Crippen LogP contribution in [0.5, 0.6) is 5.75 Å². The Morgan fingerprint density at radius 2 is 1.65 bits per heavy atom. The third kappa shape index (κ3) is 6.74. The molecule has 1 N–H and O–H groups in total. The first-order chi connectivity index (χ1) is 17.6. The van der Waals surface area contributed by atoms with E-state index in [4.69, 9.17) is 27.9 Å². The number of hydrogen-bond donors (Lipinski definition) is 1. The van der Waals surface area contributed by atoms with E-state index in [1.807, 2.05) is 0 Å². The Balaban J connectivity index is 2.05. The zero-order valence-corrected chi connectivity index (χ0v) is 22.8. The van der Waals surface area contributed by atoms with Crippen molar-refractivity contribution in [1.82, 2.24) is 10.2 Å². The van der Waals surface area contributed by atoms with Crippen molar-refractivity contribution in [3.8, 4) is 5.75 Å². The molecular weight excluding hydrogens is 537 g/mol. The van der Waals surface area contributed by atoms with Crippen molar-refractivity contribution in [2.24, 2.45) is 0 Å². The molecule has 0 radical (unpaired) electrons. The Hall–Kier alpha value is -3.27. The summed E-state index contributed by atoms with van der Waals surface area (Å²) < 4.78 is 33.5. The number of carbonyl (C=O) groups excluding carboxylic acids is 2. The van der Waals surface area contributed by atoms with E-state index in [1.165, 1.54) is 42.3 Å². The Morgan fingerprint density at radius 1 is 1.00 bits per heavy atom. The van der Waals surface area contributed by atoms with Gasteiger partial charge in [0.05, 0.1) is 22.7 Å². The number of amides is 2. The molecule has 0 bridgehead atoms. The van der Waals surface area contributed by atoms with Crippen molar-refractivity contribution in [2.75, 3.05) is 25.0 Å². The zero-order valence-electron chi connectivity index (χ0n) is 20.5. The Morgan fingerprint density at radius 3 is 2.24 bits per heavy atom. The van der Waals surface area contributed by atoms with Gasteiger partial charge < -0.3 is 15.0 Å². The van der Waals surface area contributed by atoms with Crippen LogP contribution in [0.1, 0.15) is 12.5 Å². The van der Waals surface area contributed by atoms with Gasteiger partial charge in [-0.05, 0) is 55.0 Å². The number of methoxy groups -OCH3 is 1. The minimum atomic E-state index is -4.23. The van der Waals surface area contributed by atoms with Crippen LogP contribution in [0.15, 0.2) is 77.7 Å². The van der Waals surface area contributed by atoms with Gasteiger partial charge in [-0.25, -0.2) is 8.42 Å². The zero-order chi connectivity index (χ0) is 27.2. The van der Waals surface area contributed by atoms with Gasteiger partial charge in [-0.15, -0.1) is 0 Å². The number of hydrogen-bond acceptors (Lipinski definition) is 5. The number of halogens is 2. The summed E-state index contributed by atoms with van der Waals surface area (Å²) in [5.41, 5.74) is 0.770. The number of anilines is 1. The summed E-state index contributed by atoms with van der Waals surface area (Å²) in [5, 5.41) is 2.88. The molecule has 0 fully saturated rings. The topological polar surface area (TPSA) is 96.0 Å². The van der Waals surface area contributed by atoms with Crippen LogP contribution in [0.2, 0.25) is 10.0 Å². The summed E-state index contributed by atoms with van der Waals surface area (Å²) in [5.74, 6) is -0.376. The third-order valence-corrected chi connectivity index (χ3v) is 8.04. The minimum absolute atomic E-state index is 0.0279. The summed E-state index contributed by atoms with van der Waals surface area (Å²) in [6.45, 7) is 1.01. The molecule has 0 heterocycles. The van der Waals surface area contributed by atoms with Gasteiger partial charge >= 0.3 is 0 Å². The Labute approximate surface area is 226 Å². The summed E-state index contributed by atoms with van der Waals surface area (Å²) in [4.78, 5) is 27.5. The van der Waals surface area contributed by atoms with Gasteiger partial charge in [-0.3, -0.25) is 13.9 Å². The van der Waals surface area contributed by atoms with E-state index in [1.54, 1.807) is 56.5 Å². The molecule has 3 aromatic rings. The molecule has 3 rings (SSSR count). The lowest BCUT2D eigenvalue weighted by molar-refractivity contribution is -0.139. The van der Waals surface area contributed by atoms with Crippen LogP contribution in [0.4, 0.5) is 5.69 Å². The third-order valence-electron chi connectivity index (χ3n) is 5.71. The summed E-state index contributed by atoms with van der Waals surface area (Å²) in [7, 11) is -1.22. The van der Waals surface area contributed by atoms with Crippen LogP contribution in [0.25, 0.3) is 0 Å². The first-order valence-corrected chi connectivity index (χ1v) is 13.4. The van der Waals surface area contributed by atoms with E-state index < -0.39 is 34.4 Å². The average molecular weight is 564 g/mol. The van der Waals surface area contributed by atoms with E-state index in [-0.39, 0.29) is 27.2 Å². The fourth-order valence-electron chi connectivity index (χ4n) is 3.63. The van der Waals surface area contributed by atoms with Crippen LogP contribution < -0.4 is 14.4 Å². The molecule has 0 spiro atoms. The van der Waals surface area contributed by atoms with Crippen LogP contribution in [-0.4, -0.2) is 51.9 Å². The molecule has 1 atom stereocenters. The molecule has 1 unspecified atom stereocenters. The van der Waals surface area contributed by atoms with Gasteiger partial charge in [0, 0.05) is 18.6 Å². The predicted molar refractivity (Wildman–Crippen MR) is 145 cm³/mol. The summed E-state index contributed by atoms with van der Waals surface area (Å²) in [6.07, 6.45) is 0. The van der Waals surface area contributed by atoms with Gasteiger partial charge in [0.15, 0.2) is 0 Å². The normalized spacial score (nSPS) is 11.9. The fourth-order valence-corrected chi connectivity index (χ4v) is 5.51.